The predicted molar refractivity (Wildman–Crippen MR) is 86.9 cm³/mol. The van der Waals surface area contributed by atoms with Crippen LogP contribution in [0.2, 0.25) is 0 Å². The minimum Gasteiger partial charge on any atom is -0.310 e. The minimum absolute atomic E-state index is 0.673. The first-order chi connectivity index (χ1) is 10.4. The lowest BCUT2D eigenvalue weighted by atomic mass is 9.84. The Morgan fingerprint density at radius 2 is 1.90 bits per heavy atom. The molecule has 1 aromatic heterocycles. The maximum Gasteiger partial charge on any atom is 0.0695 e. The number of H-pyrrole nitrogens is 1. The van der Waals surface area contributed by atoms with Crippen molar-refractivity contribution in [3.63, 3.8) is 0 Å². The molecular weight excluding hydrogens is 258 g/mol. The molecule has 0 bridgehead atoms. The second-order valence-electron chi connectivity index (χ2n) is 6.14. The third-order valence-corrected chi connectivity index (χ3v) is 4.79. The van der Waals surface area contributed by atoms with Gasteiger partial charge in [0.2, 0.25) is 0 Å². The highest BCUT2D eigenvalue weighted by Crippen LogP contribution is 2.27. The molecule has 1 aliphatic rings. The Hall–Kier alpha value is -1.61. The molecule has 21 heavy (non-hydrogen) atoms. The van der Waals surface area contributed by atoms with Gasteiger partial charge in [0.05, 0.1) is 11.9 Å². The van der Waals surface area contributed by atoms with Crippen LogP contribution in [0.15, 0.2) is 36.5 Å². The van der Waals surface area contributed by atoms with Crippen LogP contribution in [-0.4, -0.2) is 16.2 Å². The molecule has 3 nitrogen and oxygen atoms in total. The number of rotatable bonds is 5. The molecule has 1 aromatic carbocycles. The van der Waals surface area contributed by atoms with Crippen LogP contribution in [-0.2, 0) is 6.54 Å². The van der Waals surface area contributed by atoms with Crippen LogP contribution in [0.5, 0.6) is 0 Å². The number of nitrogens with zero attached hydrogens (tertiary/aromatic N) is 1. The third kappa shape index (κ3) is 3.53. The van der Waals surface area contributed by atoms with Crippen molar-refractivity contribution in [1.29, 1.82) is 0 Å². The molecule has 1 aliphatic carbocycles. The molecule has 112 valence electrons. The number of nitrogens with one attached hydrogen (secondary N) is 2. The van der Waals surface area contributed by atoms with Crippen LogP contribution in [0.25, 0.3) is 11.3 Å². The van der Waals surface area contributed by atoms with E-state index >= 15 is 0 Å². The standard InChI is InChI=1S/C18H25N3/c1-2-14-8-10-17(11-9-14)19-12-16-13-20-21-18(16)15-6-4-3-5-7-15/h3-7,13-14,17,19H,2,8-12H2,1H3,(H,20,21). The summed E-state index contributed by atoms with van der Waals surface area (Å²) < 4.78 is 0. The molecule has 2 N–H and O–H groups in total. The van der Waals surface area contributed by atoms with Crippen molar-refractivity contribution >= 4 is 0 Å². The van der Waals surface area contributed by atoms with Gasteiger partial charge < -0.3 is 5.32 Å². The van der Waals surface area contributed by atoms with Gasteiger partial charge in [-0.3, -0.25) is 5.10 Å². The highest BCUT2D eigenvalue weighted by atomic mass is 15.1. The van der Waals surface area contributed by atoms with Gasteiger partial charge in [-0.2, -0.15) is 5.10 Å². The van der Waals surface area contributed by atoms with Gasteiger partial charge in [-0.1, -0.05) is 43.7 Å². The Bertz CT molecular complexity index is 539. The van der Waals surface area contributed by atoms with Crippen LogP contribution < -0.4 is 5.32 Å². The number of benzene rings is 1. The third-order valence-electron chi connectivity index (χ3n) is 4.79. The van der Waals surface area contributed by atoms with Gasteiger partial charge in [0.1, 0.15) is 0 Å². The zero-order valence-corrected chi connectivity index (χ0v) is 12.8. The molecule has 2 aromatic rings. The van der Waals surface area contributed by atoms with Crippen molar-refractivity contribution in [1.82, 2.24) is 15.5 Å². The summed E-state index contributed by atoms with van der Waals surface area (Å²) >= 11 is 0. The highest BCUT2D eigenvalue weighted by molar-refractivity contribution is 5.62. The number of hydrogen-bond donors (Lipinski definition) is 2. The zero-order chi connectivity index (χ0) is 14.5. The maximum absolute atomic E-state index is 4.22. The van der Waals surface area contributed by atoms with Crippen molar-refractivity contribution < 1.29 is 0 Å². The minimum atomic E-state index is 0.673. The van der Waals surface area contributed by atoms with E-state index in [0.717, 1.165) is 18.2 Å². The van der Waals surface area contributed by atoms with E-state index in [1.165, 1.54) is 43.2 Å². The summed E-state index contributed by atoms with van der Waals surface area (Å²) in [6.07, 6.45) is 8.68. The molecule has 1 saturated carbocycles. The van der Waals surface area contributed by atoms with E-state index in [1.807, 2.05) is 12.3 Å². The van der Waals surface area contributed by atoms with E-state index in [1.54, 1.807) is 0 Å². The summed E-state index contributed by atoms with van der Waals surface area (Å²) in [5.41, 5.74) is 3.62. The summed E-state index contributed by atoms with van der Waals surface area (Å²) in [5, 5.41) is 11.1. The first-order valence-corrected chi connectivity index (χ1v) is 8.18. The molecule has 3 rings (SSSR count). The second kappa shape index (κ2) is 6.90. The van der Waals surface area contributed by atoms with Crippen LogP contribution in [0.3, 0.4) is 0 Å². The van der Waals surface area contributed by atoms with Crippen molar-refractivity contribution in [3.05, 3.63) is 42.1 Å². The lowest BCUT2D eigenvalue weighted by molar-refractivity contribution is 0.285. The molecular formula is C18H25N3. The topological polar surface area (TPSA) is 40.7 Å². The normalized spacial score (nSPS) is 22.3. The fraction of sp³-hybridized carbons (Fsp3) is 0.500. The SMILES string of the molecule is CCC1CCC(NCc2cn[nH]c2-c2ccccc2)CC1. The van der Waals surface area contributed by atoms with E-state index in [4.69, 9.17) is 0 Å². The average molecular weight is 283 g/mol. The monoisotopic (exact) mass is 283 g/mol. The lowest BCUT2D eigenvalue weighted by Crippen LogP contribution is -2.32. The summed E-state index contributed by atoms with van der Waals surface area (Å²) in [6.45, 7) is 3.22. The Kier molecular flexibility index (Phi) is 4.71. The Morgan fingerprint density at radius 3 is 2.62 bits per heavy atom. The van der Waals surface area contributed by atoms with Crippen LogP contribution in [0.1, 0.15) is 44.6 Å². The molecule has 0 aliphatic heterocycles. The van der Waals surface area contributed by atoms with Crippen molar-refractivity contribution in [2.24, 2.45) is 5.92 Å². The second-order valence-corrected chi connectivity index (χ2v) is 6.14. The highest BCUT2D eigenvalue weighted by Gasteiger charge is 2.19. The zero-order valence-electron chi connectivity index (χ0n) is 12.8. The fourth-order valence-electron chi connectivity index (χ4n) is 3.33. The number of aromatic amines is 1. The Balaban J connectivity index is 1.58. The summed E-state index contributed by atoms with van der Waals surface area (Å²) in [5.74, 6) is 0.955. The molecule has 3 heteroatoms. The summed E-state index contributed by atoms with van der Waals surface area (Å²) in [7, 11) is 0. The van der Waals surface area contributed by atoms with Crippen molar-refractivity contribution in [3.8, 4) is 11.3 Å². The van der Waals surface area contributed by atoms with Gasteiger partial charge in [-0.05, 0) is 37.2 Å². The molecule has 0 radical (unpaired) electrons. The molecule has 0 amide bonds. The van der Waals surface area contributed by atoms with Gasteiger partial charge in [0.25, 0.3) is 0 Å². The van der Waals surface area contributed by atoms with E-state index in [0.29, 0.717) is 6.04 Å². The molecule has 0 unspecified atom stereocenters. The Morgan fingerprint density at radius 1 is 1.14 bits per heavy atom. The van der Waals surface area contributed by atoms with Gasteiger partial charge in [-0.25, -0.2) is 0 Å². The van der Waals surface area contributed by atoms with Crippen molar-refractivity contribution in [2.75, 3.05) is 0 Å². The van der Waals surface area contributed by atoms with Crippen LogP contribution >= 0.6 is 0 Å². The van der Waals surface area contributed by atoms with E-state index in [-0.39, 0.29) is 0 Å². The fourth-order valence-corrected chi connectivity index (χ4v) is 3.33. The molecule has 1 fully saturated rings. The molecule has 0 atom stereocenters. The molecule has 0 saturated heterocycles. The lowest BCUT2D eigenvalue weighted by Gasteiger charge is -2.28. The maximum atomic E-state index is 4.22. The number of hydrogen-bond acceptors (Lipinski definition) is 2. The molecule has 1 heterocycles. The van der Waals surface area contributed by atoms with Crippen LogP contribution in [0.4, 0.5) is 0 Å². The van der Waals surface area contributed by atoms with E-state index in [2.05, 4.69) is 46.7 Å². The van der Waals surface area contributed by atoms with Crippen LogP contribution in [0, 0.1) is 5.92 Å². The van der Waals surface area contributed by atoms with Gasteiger partial charge in [-0.15, -0.1) is 0 Å². The Labute approximate surface area is 127 Å². The molecule has 0 spiro atoms. The first kappa shape index (κ1) is 14.3. The van der Waals surface area contributed by atoms with E-state index < -0.39 is 0 Å². The van der Waals surface area contributed by atoms with Gasteiger partial charge in [0, 0.05) is 18.2 Å². The first-order valence-electron chi connectivity index (χ1n) is 8.18. The summed E-state index contributed by atoms with van der Waals surface area (Å²) in [6, 6.07) is 11.1. The quantitative estimate of drug-likeness (QED) is 0.866. The predicted octanol–water partition coefficient (Wildman–Crippen LogP) is 4.14. The summed E-state index contributed by atoms with van der Waals surface area (Å²) in [4.78, 5) is 0. The smallest absolute Gasteiger partial charge is 0.0695 e. The van der Waals surface area contributed by atoms with Crippen molar-refractivity contribution in [2.45, 2.75) is 51.6 Å². The van der Waals surface area contributed by atoms with E-state index in [9.17, 15) is 0 Å². The largest absolute Gasteiger partial charge is 0.310 e. The van der Waals surface area contributed by atoms with Gasteiger partial charge >= 0.3 is 0 Å². The van der Waals surface area contributed by atoms with Gasteiger partial charge in [0.15, 0.2) is 0 Å². The number of aromatic nitrogens is 2. The average Bonchev–Trinajstić information content (AvgIpc) is 3.03.